The van der Waals surface area contributed by atoms with Gasteiger partial charge in [-0.1, -0.05) is 18.2 Å². The largest absolute Gasteiger partial charge is 0.293 e. The van der Waals surface area contributed by atoms with Gasteiger partial charge in [0.05, 0.1) is 0 Å². The van der Waals surface area contributed by atoms with Crippen LogP contribution in [0.4, 0.5) is 0 Å². The van der Waals surface area contributed by atoms with Gasteiger partial charge in [0.1, 0.15) is 0 Å². The number of aromatic amines is 1. The van der Waals surface area contributed by atoms with Crippen LogP contribution in [0.2, 0.25) is 0 Å². The van der Waals surface area contributed by atoms with E-state index in [0.717, 1.165) is 4.68 Å². The van der Waals surface area contributed by atoms with E-state index in [0.29, 0.717) is 11.3 Å². The minimum atomic E-state index is -0.339. The summed E-state index contributed by atoms with van der Waals surface area (Å²) >= 11 is 0. The molecule has 4 nitrogen and oxygen atoms in total. The second-order valence-corrected chi connectivity index (χ2v) is 3.28. The predicted molar refractivity (Wildman–Crippen MR) is 56.0 cm³/mol. The summed E-state index contributed by atoms with van der Waals surface area (Å²) in [7, 11) is 0. The maximum absolute atomic E-state index is 11.8. The number of carbonyl (C=O) groups excluding carboxylic acids is 1. The molecular formula is C11H10N2O2. The molecule has 0 aliphatic heterocycles. The molecule has 0 radical (unpaired) electrons. The lowest BCUT2D eigenvalue weighted by Gasteiger charge is -1.99. The molecule has 0 aliphatic carbocycles. The number of aromatic nitrogens is 2. The summed E-state index contributed by atoms with van der Waals surface area (Å²) < 4.78 is 1.00. The molecule has 1 heterocycles. The van der Waals surface area contributed by atoms with Crippen molar-refractivity contribution in [3.05, 3.63) is 58.0 Å². The Morgan fingerprint density at radius 3 is 2.47 bits per heavy atom. The molecule has 0 bridgehead atoms. The van der Waals surface area contributed by atoms with Crippen molar-refractivity contribution in [1.29, 1.82) is 0 Å². The standard InChI is InChI=1S/C11H10N2O2/c1-8-7-10(14)13(12-8)11(15)9-5-3-2-4-6-9/h2-7,12H,1H3. The molecule has 76 valence electrons. The molecule has 1 aromatic heterocycles. The van der Waals surface area contributed by atoms with Crippen molar-refractivity contribution < 1.29 is 4.79 Å². The average molecular weight is 202 g/mol. The van der Waals surface area contributed by atoms with Crippen LogP contribution in [0.3, 0.4) is 0 Å². The summed E-state index contributed by atoms with van der Waals surface area (Å²) in [5.41, 5.74) is 0.826. The molecule has 0 amide bonds. The quantitative estimate of drug-likeness (QED) is 0.754. The van der Waals surface area contributed by atoms with E-state index in [9.17, 15) is 9.59 Å². The molecule has 1 aromatic carbocycles. The van der Waals surface area contributed by atoms with Crippen LogP contribution in [0.15, 0.2) is 41.2 Å². The van der Waals surface area contributed by atoms with Crippen molar-refractivity contribution in [3.63, 3.8) is 0 Å². The third-order valence-electron chi connectivity index (χ3n) is 2.07. The average Bonchev–Trinajstić information content (AvgIpc) is 2.58. The van der Waals surface area contributed by atoms with E-state index in [-0.39, 0.29) is 11.5 Å². The molecule has 0 saturated carbocycles. The molecule has 0 atom stereocenters. The highest BCUT2D eigenvalue weighted by molar-refractivity contribution is 5.95. The molecule has 0 spiro atoms. The van der Waals surface area contributed by atoms with Gasteiger partial charge in [0.2, 0.25) is 0 Å². The van der Waals surface area contributed by atoms with E-state index in [1.807, 2.05) is 6.07 Å². The first kappa shape index (κ1) is 9.45. The predicted octanol–water partition coefficient (Wildman–Crippen LogP) is 1.17. The number of benzene rings is 1. The van der Waals surface area contributed by atoms with E-state index in [1.165, 1.54) is 6.07 Å². The number of H-pyrrole nitrogens is 1. The number of carbonyl (C=O) groups is 1. The Labute approximate surface area is 86.1 Å². The van der Waals surface area contributed by atoms with Gasteiger partial charge < -0.3 is 0 Å². The third kappa shape index (κ3) is 1.74. The molecule has 0 unspecified atom stereocenters. The van der Waals surface area contributed by atoms with Crippen LogP contribution >= 0.6 is 0 Å². The Bertz CT molecular complexity index is 537. The fraction of sp³-hybridized carbons (Fsp3) is 0.0909. The van der Waals surface area contributed by atoms with Crippen LogP contribution in [0.1, 0.15) is 16.1 Å². The van der Waals surface area contributed by atoms with Crippen LogP contribution in [0.5, 0.6) is 0 Å². The monoisotopic (exact) mass is 202 g/mol. The fourth-order valence-electron chi connectivity index (χ4n) is 1.37. The second kappa shape index (κ2) is 3.57. The first-order chi connectivity index (χ1) is 7.18. The van der Waals surface area contributed by atoms with Gasteiger partial charge in [0, 0.05) is 17.3 Å². The van der Waals surface area contributed by atoms with Gasteiger partial charge in [-0.3, -0.25) is 14.7 Å². The molecule has 15 heavy (non-hydrogen) atoms. The highest BCUT2D eigenvalue weighted by Crippen LogP contribution is 2.00. The Balaban J connectivity index is 2.46. The summed E-state index contributed by atoms with van der Waals surface area (Å²) in [4.78, 5) is 23.2. The number of rotatable bonds is 1. The molecule has 4 heteroatoms. The molecule has 0 fully saturated rings. The normalized spacial score (nSPS) is 10.2. The van der Waals surface area contributed by atoms with E-state index >= 15 is 0 Å². The van der Waals surface area contributed by atoms with Gasteiger partial charge in [0.25, 0.3) is 11.5 Å². The summed E-state index contributed by atoms with van der Waals surface area (Å²) in [5.74, 6) is -0.339. The highest BCUT2D eigenvalue weighted by atomic mass is 16.2. The molecule has 0 saturated heterocycles. The van der Waals surface area contributed by atoms with Crippen molar-refractivity contribution in [2.75, 3.05) is 0 Å². The van der Waals surface area contributed by atoms with Crippen LogP contribution < -0.4 is 5.56 Å². The Hall–Kier alpha value is -2.10. The van der Waals surface area contributed by atoms with Gasteiger partial charge in [-0.2, -0.15) is 4.68 Å². The topological polar surface area (TPSA) is 54.9 Å². The lowest BCUT2D eigenvalue weighted by atomic mass is 10.2. The maximum atomic E-state index is 11.8. The zero-order chi connectivity index (χ0) is 10.8. The van der Waals surface area contributed by atoms with Crippen molar-refractivity contribution in [2.24, 2.45) is 0 Å². The molecule has 0 aliphatic rings. The second-order valence-electron chi connectivity index (χ2n) is 3.28. The van der Waals surface area contributed by atoms with Gasteiger partial charge >= 0.3 is 0 Å². The van der Waals surface area contributed by atoms with Crippen LogP contribution in [-0.4, -0.2) is 15.7 Å². The van der Waals surface area contributed by atoms with Crippen molar-refractivity contribution in [1.82, 2.24) is 9.78 Å². The summed E-state index contributed by atoms with van der Waals surface area (Å²) in [5, 5.41) is 2.70. The summed E-state index contributed by atoms with van der Waals surface area (Å²) in [6, 6.07) is 10.1. The van der Waals surface area contributed by atoms with Gasteiger partial charge in [-0.25, -0.2) is 0 Å². The lowest BCUT2D eigenvalue weighted by Crippen LogP contribution is -2.24. The minimum absolute atomic E-state index is 0.332. The lowest BCUT2D eigenvalue weighted by molar-refractivity contribution is 0.0941. The number of aryl methyl sites for hydroxylation is 1. The van der Waals surface area contributed by atoms with Crippen LogP contribution in [0.25, 0.3) is 0 Å². The molecule has 2 aromatic rings. The molecule has 2 rings (SSSR count). The number of nitrogens with zero attached hydrogens (tertiary/aromatic N) is 1. The maximum Gasteiger partial charge on any atom is 0.279 e. The van der Waals surface area contributed by atoms with Gasteiger partial charge in [-0.15, -0.1) is 0 Å². The Kier molecular flexibility index (Phi) is 2.25. The van der Waals surface area contributed by atoms with Crippen molar-refractivity contribution >= 4 is 5.91 Å². The van der Waals surface area contributed by atoms with Gasteiger partial charge in [0.15, 0.2) is 0 Å². The van der Waals surface area contributed by atoms with Gasteiger partial charge in [-0.05, 0) is 19.1 Å². The molecule has 1 N–H and O–H groups in total. The number of hydrogen-bond donors (Lipinski definition) is 1. The Morgan fingerprint density at radius 2 is 1.93 bits per heavy atom. The van der Waals surface area contributed by atoms with Crippen molar-refractivity contribution in [3.8, 4) is 0 Å². The first-order valence-corrected chi connectivity index (χ1v) is 4.57. The van der Waals surface area contributed by atoms with E-state index in [1.54, 1.807) is 31.2 Å². The summed E-state index contributed by atoms with van der Waals surface area (Å²) in [6.45, 7) is 1.73. The summed E-state index contributed by atoms with van der Waals surface area (Å²) in [6.07, 6.45) is 0. The SMILES string of the molecule is Cc1cc(=O)n(C(=O)c2ccccc2)[nH]1. The third-order valence-corrected chi connectivity index (χ3v) is 2.07. The highest BCUT2D eigenvalue weighted by Gasteiger charge is 2.10. The fourth-order valence-corrected chi connectivity index (χ4v) is 1.37. The van der Waals surface area contributed by atoms with E-state index in [4.69, 9.17) is 0 Å². The van der Waals surface area contributed by atoms with E-state index in [2.05, 4.69) is 5.10 Å². The first-order valence-electron chi connectivity index (χ1n) is 4.57. The minimum Gasteiger partial charge on any atom is -0.293 e. The van der Waals surface area contributed by atoms with Crippen LogP contribution in [0, 0.1) is 6.92 Å². The van der Waals surface area contributed by atoms with E-state index < -0.39 is 0 Å². The number of nitrogens with one attached hydrogen (secondary N) is 1. The zero-order valence-electron chi connectivity index (χ0n) is 8.23. The Morgan fingerprint density at radius 1 is 1.27 bits per heavy atom. The van der Waals surface area contributed by atoms with Crippen LogP contribution in [-0.2, 0) is 0 Å². The smallest absolute Gasteiger partial charge is 0.279 e. The van der Waals surface area contributed by atoms with Crippen molar-refractivity contribution in [2.45, 2.75) is 6.92 Å². The number of hydrogen-bond acceptors (Lipinski definition) is 2. The molecular weight excluding hydrogens is 192 g/mol. The zero-order valence-corrected chi connectivity index (χ0v) is 8.23.